The van der Waals surface area contributed by atoms with Crippen LogP contribution in [0, 0.1) is 3.57 Å². The molecule has 38 valence electrons. The van der Waals surface area contributed by atoms with Crippen LogP contribution in [0.1, 0.15) is 0 Å². The SMILES string of the molecule is Nc1cocc1I. The molecule has 3 heteroatoms. The summed E-state index contributed by atoms with van der Waals surface area (Å²) in [7, 11) is 0. The van der Waals surface area contributed by atoms with E-state index in [9.17, 15) is 0 Å². The lowest BCUT2D eigenvalue weighted by Crippen LogP contribution is -1.80. The molecule has 0 unspecified atom stereocenters. The molecular formula is C4H4INO. The van der Waals surface area contributed by atoms with Gasteiger partial charge in [0.05, 0.1) is 9.26 Å². The van der Waals surface area contributed by atoms with Crippen LogP contribution in [0.25, 0.3) is 0 Å². The summed E-state index contributed by atoms with van der Waals surface area (Å²) in [5.41, 5.74) is 6.05. The van der Waals surface area contributed by atoms with Crippen LogP contribution in [0.15, 0.2) is 16.9 Å². The molecule has 2 N–H and O–H groups in total. The van der Waals surface area contributed by atoms with Crippen molar-refractivity contribution in [3.63, 3.8) is 0 Å². The third-order valence-electron chi connectivity index (χ3n) is 0.642. The van der Waals surface area contributed by atoms with Crippen molar-refractivity contribution in [3.05, 3.63) is 16.1 Å². The van der Waals surface area contributed by atoms with E-state index in [2.05, 4.69) is 22.6 Å². The van der Waals surface area contributed by atoms with Crippen LogP contribution < -0.4 is 5.73 Å². The fourth-order valence-electron chi connectivity index (χ4n) is 0.291. The fraction of sp³-hybridized carbons (Fsp3) is 0. The summed E-state index contributed by atoms with van der Waals surface area (Å²) >= 11 is 2.10. The van der Waals surface area contributed by atoms with E-state index in [4.69, 9.17) is 10.2 Å². The van der Waals surface area contributed by atoms with E-state index >= 15 is 0 Å². The Morgan fingerprint density at radius 3 is 2.43 bits per heavy atom. The van der Waals surface area contributed by atoms with E-state index in [0.29, 0.717) is 5.69 Å². The number of hydrogen-bond donors (Lipinski definition) is 1. The number of halogens is 1. The van der Waals surface area contributed by atoms with E-state index in [-0.39, 0.29) is 0 Å². The lowest BCUT2D eigenvalue weighted by molar-refractivity contribution is 0.566. The lowest BCUT2D eigenvalue weighted by Gasteiger charge is -1.76. The maximum Gasteiger partial charge on any atom is 0.114 e. The van der Waals surface area contributed by atoms with Gasteiger partial charge in [-0.2, -0.15) is 0 Å². The van der Waals surface area contributed by atoms with Crippen LogP contribution in [0.5, 0.6) is 0 Å². The molecule has 7 heavy (non-hydrogen) atoms. The molecule has 0 spiro atoms. The van der Waals surface area contributed by atoms with Gasteiger partial charge >= 0.3 is 0 Å². The Morgan fingerprint density at radius 2 is 2.29 bits per heavy atom. The molecule has 0 fully saturated rings. The van der Waals surface area contributed by atoms with Crippen molar-refractivity contribution in [2.45, 2.75) is 0 Å². The molecule has 0 saturated carbocycles. The lowest BCUT2D eigenvalue weighted by atomic mass is 10.6. The molecule has 1 rings (SSSR count). The van der Waals surface area contributed by atoms with E-state index < -0.39 is 0 Å². The van der Waals surface area contributed by atoms with Crippen LogP contribution in [-0.4, -0.2) is 0 Å². The molecule has 0 saturated heterocycles. The maximum atomic E-state index is 5.34. The Labute approximate surface area is 54.8 Å². The van der Waals surface area contributed by atoms with E-state index in [1.807, 2.05) is 0 Å². The minimum absolute atomic E-state index is 0.709. The fourth-order valence-corrected chi connectivity index (χ4v) is 0.565. The molecule has 1 heterocycles. The first kappa shape index (κ1) is 4.96. The van der Waals surface area contributed by atoms with Gasteiger partial charge in [-0.3, -0.25) is 0 Å². The smallest absolute Gasteiger partial charge is 0.114 e. The first-order valence-corrected chi connectivity index (χ1v) is 2.86. The van der Waals surface area contributed by atoms with Crippen molar-refractivity contribution in [3.8, 4) is 0 Å². The molecule has 2 nitrogen and oxygen atoms in total. The van der Waals surface area contributed by atoms with Gasteiger partial charge in [0.25, 0.3) is 0 Å². The van der Waals surface area contributed by atoms with Crippen LogP contribution in [0.4, 0.5) is 5.69 Å². The predicted octanol–water partition coefficient (Wildman–Crippen LogP) is 1.47. The zero-order valence-corrected chi connectivity index (χ0v) is 5.68. The molecule has 0 aliphatic heterocycles. The van der Waals surface area contributed by atoms with Crippen LogP contribution in [0.2, 0.25) is 0 Å². The van der Waals surface area contributed by atoms with Crippen molar-refractivity contribution in [1.82, 2.24) is 0 Å². The standard InChI is InChI=1S/C4H4INO/c5-3-1-7-2-4(3)6/h1-2H,6H2. The van der Waals surface area contributed by atoms with Crippen molar-refractivity contribution in [2.75, 3.05) is 5.73 Å². The first-order chi connectivity index (χ1) is 3.30. The minimum Gasteiger partial charge on any atom is -0.469 e. The number of rotatable bonds is 0. The van der Waals surface area contributed by atoms with Gasteiger partial charge < -0.3 is 10.2 Å². The van der Waals surface area contributed by atoms with Gasteiger partial charge in [0.1, 0.15) is 12.5 Å². The highest BCUT2D eigenvalue weighted by Crippen LogP contribution is 2.13. The average Bonchev–Trinajstić information content (AvgIpc) is 1.91. The topological polar surface area (TPSA) is 39.2 Å². The second kappa shape index (κ2) is 1.73. The number of nitrogen functional groups attached to an aromatic ring is 1. The Morgan fingerprint density at radius 1 is 1.57 bits per heavy atom. The molecule has 1 aromatic rings. The van der Waals surface area contributed by atoms with Gasteiger partial charge in [-0.15, -0.1) is 0 Å². The number of anilines is 1. The number of furan rings is 1. The summed E-state index contributed by atoms with van der Waals surface area (Å²) < 4.78 is 5.68. The average molecular weight is 209 g/mol. The Balaban J connectivity index is 3.12. The summed E-state index contributed by atoms with van der Waals surface area (Å²) in [5.74, 6) is 0. The second-order valence-electron chi connectivity index (χ2n) is 1.18. The van der Waals surface area contributed by atoms with Crippen LogP contribution in [-0.2, 0) is 0 Å². The van der Waals surface area contributed by atoms with Gasteiger partial charge in [0.2, 0.25) is 0 Å². The molecular weight excluding hydrogens is 205 g/mol. The first-order valence-electron chi connectivity index (χ1n) is 1.78. The third kappa shape index (κ3) is 0.876. The van der Waals surface area contributed by atoms with Crippen LogP contribution >= 0.6 is 22.6 Å². The number of hydrogen-bond acceptors (Lipinski definition) is 2. The highest BCUT2D eigenvalue weighted by Gasteiger charge is 1.91. The largest absolute Gasteiger partial charge is 0.469 e. The van der Waals surface area contributed by atoms with Crippen molar-refractivity contribution >= 4 is 28.3 Å². The normalized spacial score (nSPS) is 9.29. The molecule has 0 aromatic carbocycles. The summed E-state index contributed by atoms with van der Waals surface area (Å²) in [4.78, 5) is 0. The molecule has 0 amide bonds. The molecule has 1 aromatic heterocycles. The quantitative estimate of drug-likeness (QED) is 0.657. The Kier molecular flexibility index (Phi) is 1.23. The van der Waals surface area contributed by atoms with E-state index in [1.165, 1.54) is 6.26 Å². The van der Waals surface area contributed by atoms with Gasteiger partial charge in [-0.05, 0) is 22.6 Å². The van der Waals surface area contributed by atoms with Gasteiger partial charge in [0.15, 0.2) is 0 Å². The highest BCUT2D eigenvalue weighted by molar-refractivity contribution is 14.1. The van der Waals surface area contributed by atoms with E-state index in [1.54, 1.807) is 6.26 Å². The van der Waals surface area contributed by atoms with Gasteiger partial charge in [-0.25, -0.2) is 0 Å². The van der Waals surface area contributed by atoms with Gasteiger partial charge in [-0.1, -0.05) is 0 Å². The van der Waals surface area contributed by atoms with E-state index in [0.717, 1.165) is 3.57 Å². The second-order valence-corrected chi connectivity index (χ2v) is 2.34. The maximum absolute atomic E-state index is 5.34. The number of nitrogens with two attached hydrogens (primary N) is 1. The molecule has 0 bridgehead atoms. The Bertz CT molecular complexity index is 144. The van der Waals surface area contributed by atoms with Crippen LogP contribution in [0.3, 0.4) is 0 Å². The highest BCUT2D eigenvalue weighted by atomic mass is 127. The van der Waals surface area contributed by atoms with Crippen molar-refractivity contribution in [1.29, 1.82) is 0 Å². The predicted molar refractivity (Wildman–Crippen MR) is 35.8 cm³/mol. The zero-order chi connectivity index (χ0) is 5.28. The minimum atomic E-state index is 0.709. The molecule has 0 aliphatic carbocycles. The molecule has 0 aliphatic rings. The van der Waals surface area contributed by atoms with Crippen molar-refractivity contribution < 1.29 is 4.42 Å². The van der Waals surface area contributed by atoms with Crippen molar-refractivity contribution in [2.24, 2.45) is 0 Å². The Hall–Kier alpha value is -0.190. The monoisotopic (exact) mass is 209 g/mol. The third-order valence-corrected chi connectivity index (χ3v) is 1.52. The summed E-state index contributed by atoms with van der Waals surface area (Å²) in [6.07, 6.45) is 3.12. The molecule has 0 radical (unpaired) electrons. The summed E-state index contributed by atoms with van der Waals surface area (Å²) in [6, 6.07) is 0. The van der Waals surface area contributed by atoms with Gasteiger partial charge in [0, 0.05) is 0 Å². The molecule has 0 atom stereocenters. The summed E-state index contributed by atoms with van der Waals surface area (Å²) in [6.45, 7) is 0. The zero-order valence-electron chi connectivity index (χ0n) is 3.52. The summed E-state index contributed by atoms with van der Waals surface area (Å²) in [5, 5.41) is 0.